The van der Waals surface area contributed by atoms with Crippen LogP contribution in [0.15, 0.2) is 15.9 Å². The van der Waals surface area contributed by atoms with Crippen LogP contribution in [-0.4, -0.2) is 25.7 Å². The number of hydrogen-bond donors (Lipinski definition) is 0. The fraction of sp³-hybridized carbons (Fsp3) is 0.545. The number of halogens is 1. The zero-order chi connectivity index (χ0) is 12.9. The van der Waals surface area contributed by atoms with Crippen LogP contribution >= 0.6 is 27.3 Å². The number of sulfone groups is 1. The van der Waals surface area contributed by atoms with Crippen molar-refractivity contribution in [2.75, 3.05) is 11.5 Å². The molecular weight excluding hydrogens is 324 g/mol. The van der Waals surface area contributed by atoms with Gasteiger partial charge in [-0.3, -0.25) is 4.79 Å². The van der Waals surface area contributed by atoms with Gasteiger partial charge in [0.1, 0.15) is 5.75 Å². The van der Waals surface area contributed by atoms with E-state index in [1.807, 2.05) is 6.92 Å². The molecule has 0 aliphatic carbocycles. The predicted octanol–water partition coefficient (Wildman–Crippen LogP) is 3.30. The SMILES string of the molecule is CCCCCS(=O)(=O)CC(=O)c1sccc1Br. The Labute approximate surface area is 114 Å². The van der Waals surface area contributed by atoms with Gasteiger partial charge in [0, 0.05) is 4.47 Å². The third-order valence-corrected chi connectivity index (χ3v) is 5.77. The van der Waals surface area contributed by atoms with Gasteiger partial charge in [-0.05, 0) is 33.8 Å². The third-order valence-electron chi connectivity index (χ3n) is 2.28. The van der Waals surface area contributed by atoms with Crippen LogP contribution in [0.5, 0.6) is 0 Å². The first-order valence-corrected chi connectivity index (χ1v) is 8.92. The average Bonchev–Trinajstić information content (AvgIpc) is 2.64. The fourth-order valence-corrected chi connectivity index (χ4v) is 4.36. The summed E-state index contributed by atoms with van der Waals surface area (Å²) < 4.78 is 24.1. The number of hydrogen-bond acceptors (Lipinski definition) is 4. The Balaban J connectivity index is 2.59. The molecule has 0 bridgehead atoms. The fourth-order valence-electron chi connectivity index (χ4n) is 1.40. The van der Waals surface area contributed by atoms with Gasteiger partial charge in [-0.2, -0.15) is 0 Å². The van der Waals surface area contributed by atoms with Crippen molar-refractivity contribution in [3.05, 3.63) is 20.8 Å². The van der Waals surface area contributed by atoms with Gasteiger partial charge in [0.25, 0.3) is 0 Å². The summed E-state index contributed by atoms with van der Waals surface area (Å²) in [5.74, 6) is -0.589. The van der Waals surface area contributed by atoms with E-state index in [1.54, 1.807) is 11.4 Å². The summed E-state index contributed by atoms with van der Waals surface area (Å²) >= 11 is 4.50. The monoisotopic (exact) mass is 338 g/mol. The Hall–Kier alpha value is -0.200. The molecule has 0 unspecified atom stereocenters. The van der Waals surface area contributed by atoms with Crippen molar-refractivity contribution < 1.29 is 13.2 Å². The lowest BCUT2D eigenvalue weighted by Gasteiger charge is -2.02. The van der Waals surface area contributed by atoms with E-state index in [1.165, 1.54) is 11.3 Å². The molecular formula is C11H15BrO3S2. The molecule has 1 heterocycles. The lowest BCUT2D eigenvalue weighted by atomic mass is 10.3. The molecule has 0 aromatic carbocycles. The van der Waals surface area contributed by atoms with Gasteiger partial charge in [-0.25, -0.2) is 8.42 Å². The van der Waals surface area contributed by atoms with Crippen LogP contribution in [0, 0.1) is 0 Å². The molecule has 0 radical (unpaired) electrons. The van der Waals surface area contributed by atoms with Crippen LogP contribution in [0.25, 0.3) is 0 Å². The molecule has 0 aliphatic heterocycles. The molecule has 3 nitrogen and oxygen atoms in total. The Morgan fingerprint density at radius 2 is 2.12 bits per heavy atom. The quantitative estimate of drug-likeness (QED) is 0.566. The highest BCUT2D eigenvalue weighted by Crippen LogP contribution is 2.23. The number of Topliss-reactive ketones (excluding diaryl/α,β-unsaturated/α-hetero) is 1. The van der Waals surface area contributed by atoms with E-state index in [-0.39, 0.29) is 17.3 Å². The second-order valence-corrected chi connectivity index (χ2v) is 7.77. The molecule has 96 valence electrons. The summed E-state index contributed by atoms with van der Waals surface area (Å²) in [6.45, 7) is 2.01. The van der Waals surface area contributed by atoms with Crippen molar-refractivity contribution in [3.8, 4) is 0 Å². The first kappa shape index (κ1) is 14.9. The van der Waals surface area contributed by atoms with E-state index in [0.717, 1.165) is 12.8 Å². The maximum Gasteiger partial charge on any atom is 0.188 e. The van der Waals surface area contributed by atoms with Crippen LogP contribution in [-0.2, 0) is 9.84 Å². The topological polar surface area (TPSA) is 51.2 Å². The highest BCUT2D eigenvalue weighted by Gasteiger charge is 2.20. The van der Waals surface area contributed by atoms with E-state index >= 15 is 0 Å². The molecule has 0 fully saturated rings. The van der Waals surface area contributed by atoms with Crippen molar-refractivity contribution in [3.63, 3.8) is 0 Å². The molecule has 0 saturated carbocycles. The highest BCUT2D eigenvalue weighted by molar-refractivity contribution is 9.10. The lowest BCUT2D eigenvalue weighted by molar-refractivity contribution is 0.102. The van der Waals surface area contributed by atoms with Gasteiger partial charge in [0.05, 0.1) is 10.6 Å². The van der Waals surface area contributed by atoms with Crippen molar-refractivity contribution >= 4 is 42.9 Å². The smallest absolute Gasteiger partial charge is 0.188 e. The minimum absolute atomic E-state index is 0.107. The molecule has 1 rings (SSSR count). The van der Waals surface area contributed by atoms with Crippen molar-refractivity contribution in [1.82, 2.24) is 0 Å². The van der Waals surface area contributed by atoms with Gasteiger partial charge in [0.15, 0.2) is 15.6 Å². The Morgan fingerprint density at radius 3 is 2.65 bits per heavy atom. The second kappa shape index (κ2) is 6.66. The minimum atomic E-state index is -3.26. The van der Waals surface area contributed by atoms with Gasteiger partial charge in [-0.1, -0.05) is 19.8 Å². The number of carbonyl (C=O) groups excluding carboxylic acids is 1. The van der Waals surface area contributed by atoms with Crippen LogP contribution in [0.2, 0.25) is 0 Å². The molecule has 0 N–H and O–H groups in total. The number of carbonyl (C=O) groups is 1. The van der Waals surface area contributed by atoms with E-state index in [2.05, 4.69) is 15.9 Å². The van der Waals surface area contributed by atoms with Gasteiger partial charge in [-0.15, -0.1) is 11.3 Å². The van der Waals surface area contributed by atoms with E-state index < -0.39 is 9.84 Å². The maximum absolute atomic E-state index is 11.8. The molecule has 6 heteroatoms. The van der Waals surface area contributed by atoms with Crippen LogP contribution in [0.1, 0.15) is 35.9 Å². The zero-order valence-corrected chi connectivity index (χ0v) is 12.8. The highest BCUT2D eigenvalue weighted by atomic mass is 79.9. The molecule has 1 aromatic heterocycles. The molecule has 0 atom stereocenters. The lowest BCUT2D eigenvalue weighted by Crippen LogP contribution is -2.18. The van der Waals surface area contributed by atoms with Gasteiger partial charge < -0.3 is 0 Å². The predicted molar refractivity (Wildman–Crippen MR) is 74.5 cm³/mol. The van der Waals surface area contributed by atoms with E-state index in [0.29, 0.717) is 15.8 Å². The summed E-state index contributed by atoms with van der Waals surface area (Å²) in [4.78, 5) is 12.3. The zero-order valence-electron chi connectivity index (χ0n) is 9.61. The standard InChI is InChI=1S/C11H15BrO3S2/c1-2-3-4-7-17(14,15)8-10(13)11-9(12)5-6-16-11/h5-6H,2-4,7-8H2,1H3. The number of rotatable bonds is 7. The Kier molecular flexibility index (Phi) is 5.82. The Morgan fingerprint density at radius 1 is 1.41 bits per heavy atom. The number of ketones is 1. The summed E-state index contributed by atoms with van der Waals surface area (Å²) in [6, 6.07) is 1.75. The minimum Gasteiger partial charge on any atom is -0.292 e. The van der Waals surface area contributed by atoms with Crippen molar-refractivity contribution in [2.45, 2.75) is 26.2 Å². The second-order valence-electron chi connectivity index (χ2n) is 3.82. The normalized spacial score (nSPS) is 11.6. The molecule has 1 aromatic rings. The Bertz CT molecular complexity index is 477. The molecule has 17 heavy (non-hydrogen) atoms. The van der Waals surface area contributed by atoms with Crippen LogP contribution in [0.3, 0.4) is 0 Å². The van der Waals surface area contributed by atoms with Crippen LogP contribution < -0.4 is 0 Å². The molecule has 0 spiro atoms. The third kappa shape index (κ3) is 4.89. The number of unbranched alkanes of at least 4 members (excludes halogenated alkanes) is 2. The van der Waals surface area contributed by atoms with Crippen molar-refractivity contribution in [1.29, 1.82) is 0 Å². The van der Waals surface area contributed by atoms with Gasteiger partial charge >= 0.3 is 0 Å². The first-order chi connectivity index (χ1) is 7.96. The molecule has 0 aliphatic rings. The molecule has 0 saturated heterocycles. The van der Waals surface area contributed by atoms with Crippen LogP contribution in [0.4, 0.5) is 0 Å². The summed E-state index contributed by atoms with van der Waals surface area (Å²) in [5, 5.41) is 1.76. The summed E-state index contributed by atoms with van der Waals surface area (Å²) in [7, 11) is -3.26. The maximum atomic E-state index is 11.8. The van der Waals surface area contributed by atoms with E-state index in [9.17, 15) is 13.2 Å². The largest absolute Gasteiger partial charge is 0.292 e. The van der Waals surface area contributed by atoms with Crippen molar-refractivity contribution in [2.24, 2.45) is 0 Å². The first-order valence-electron chi connectivity index (χ1n) is 5.43. The van der Waals surface area contributed by atoms with E-state index in [4.69, 9.17) is 0 Å². The summed E-state index contributed by atoms with van der Waals surface area (Å²) in [6.07, 6.45) is 2.49. The number of thiophene rings is 1. The van der Waals surface area contributed by atoms with Gasteiger partial charge in [0.2, 0.25) is 0 Å². The average molecular weight is 339 g/mol. The molecule has 0 amide bonds. The summed E-state index contributed by atoms with van der Waals surface area (Å²) in [5.41, 5.74) is 0.